The highest BCUT2D eigenvalue weighted by Gasteiger charge is 2.31. The van der Waals surface area contributed by atoms with E-state index >= 15 is 0 Å². The zero-order valence-electron chi connectivity index (χ0n) is 17.9. The van der Waals surface area contributed by atoms with Crippen molar-refractivity contribution in [3.8, 4) is 0 Å². The largest absolute Gasteiger partial charge is 0.422 e. The molecule has 33 heavy (non-hydrogen) atoms. The number of rotatable bonds is 4. The first-order valence-corrected chi connectivity index (χ1v) is 10.9. The Labute approximate surface area is 190 Å². The van der Waals surface area contributed by atoms with Crippen molar-refractivity contribution in [2.75, 3.05) is 11.4 Å². The van der Waals surface area contributed by atoms with Crippen molar-refractivity contribution in [1.82, 2.24) is 5.32 Å². The van der Waals surface area contributed by atoms with E-state index in [1.54, 1.807) is 41.3 Å². The van der Waals surface area contributed by atoms with Crippen molar-refractivity contribution in [3.05, 3.63) is 112 Å². The fourth-order valence-corrected chi connectivity index (χ4v) is 4.28. The predicted molar refractivity (Wildman–Crippen MR) is 126 cm³/mol. The van der Waals surface area contributed by atoms with Crippen LogP contribution in [0.25, 0.3) is 11.0 Å². The molecule has 1 aliphatic heterocycles. The zero-order valence-corrected chi connectivity index (χ0v) is 17.9. The lowest BCUT2D eigenvalue weighted by molar-refractivity contribution is -0.120. The minimum absolute atomic E-state index is 0.138. The smallest absolute Gasteiger partial charge is 0.349 e. The predicted octanol–water partition coefficient (Wildman–Crippen LogP) is 4.24. The van der Waals surface area contributed by atoms with Gasteiger partial charge in [-0.1, -0.05) is 66.7 Å². The van der Waals surface area contributed by atoms with Gasteiger partial charge in [-0.05, 0) is 42.2 Å². The maximum Gasteiger partial charge on any atom is 0.349 e. The molecular formula is C27H22N2O4. The fraction of sp³-hybridized carbons (Fsp3) is 0.148. The number of amides is 2. The average Bonchev–Trinajstić information content (AvgIpc) is 2.86. The lowest BCUT2D eigenvalue weighted by atomic mass is 9.99. The van der Waals surface area contributed by atoms with E-state index in [2.05, 4.69) is 5.32 Å². The molecule has 1 aromatic heterocycles. The molecular weight excluding hydrogens is 416 g/mol. The third-order valence-electron chi connectivity index (χ3n) is 5.92. The maximum atomic E-state index is 13.7. The maximum absolute atomic E-state index is 13.7. The molecule has 164 valence electrons. The summed E-state index contributed by atoms with van der Waals surface area (Å²) >= 11 is 0. The summed E-state index contributed by atoms with van der Waals surface area (Å²) in [6, 6.07) is 24.4. The van der Waals surface area contributed by atoms with Crippen LogP contribution in [0.2, 0.25) is 0 Å². The van der Waals surface area contributed by atoms with E-state index < -0.39 is 17.6 Å². The molecule has 2 heterocycles. The first-order chi connectivity index (χ1) is 16.1. The summed E-state index contributed by atoms with van der Waals surface area (Å²) in [5.74, 6) is -0.895. The Morgan fingerprint density at radius 1 is 0.909 bits per heavy atom. The van der Waals surface area contributed by atoms with Crippen molar-refractivity contribution in [2.24, 2.45) is 0 Å². The Balaban J connectivity index is 1.51. The number of hydrogen-bond acceptors (Lipinski definition) is 4. The molecule has 0 bridgehead atoms. The molecule has 0 saturated carbocycles. The van der Waals surface area contributed by atoms with Crippen LogP contribution >= 0.6 is 0 Å². The van der Waals surface area contributed by atoms with Gasteiger partial charge in [-0.3, -0.25) is 9.59 Å². The van der Waals surface area contributed by atoms with Gasteiger partial charge in [-0.25, -0.2) is 4.79 Å². The SMILES string of the molecule is O=C(N[C@@H](C(=O)N1CCCc2ccccc21)c1ccccc1)c1cc2ccccc2oc1=O. The molecule has 5 rings (SSSR count). The Kier molecular flexibility index (Phi) is 5.48. The van der Waals surface area contributed by atoms with Gasteiger partial charge in [0.1, 0.15) is 17.2 Å². The van der Waals surface area contributed by atoms with Gasteiger partial charge in [-0.2, -0.15) is 0 Å². The summed E-state index contributed by atoms with van der Waals surface area (Å²) in [5, 5.41) is 3.43. The Morgan fingerprint density at radius 2 is 1.64 bits per heavy atom. The summed E-state index contributed by atoms with van der Waals surface area (Å²) in [7, 11) is 0. The number of benzene rings is 3. The van der Waals surface area contributed by atoms with E-state index in [1.807, 2.05) is 42.5 Å². The quantitative estimate of drug-likeness (QED) is 0.483. The van der Waals surface area contributed by atoms with E-state index in [4.69, 9.17) is 4.42 Å². The van der Waals surface area contributed by atoms with Gasteiger partial charge in [0.2, 0.25) is 0 Å². The molecule has 1 atom stereocenters. The van der Waals surface area contributed by atoms with Gasteiger partial charge in [0.15, 0.2) is 0 Å². The number of aryl methyl sites for hydroxylation is 1. The Hall–Kier alpha value is -4.19. The van der Waals surface area contributed by atoms with E-state index in [0.717, 1.165) is 24.1 Å². The monoisotopic (exact) mass is 438 g/mol. The molecule has 1 aliphatic rings. The summed E-state index contributed by atoms with van der Waals surface area (Å²) in [5.41, 5.74) is 2.12. The Morgan fingerprint density at radius 3 is 2.48 bits per heavy atom. The van der Waals surface area contributed by atoms with Gasteiger partial charge in [-0.15, -0.1) is 0 Å². The van der Waals surface area contributed by atoms with Crippen molar-refractivity contribution < 1.29 is 14.0 Å². The summed E-state index contributed by atoms with van der Waals surface area (Å²) in [4.78, 5) is 41.1. The molecule has 6 nitrogen and oxygen atoms in total. The number of carbonyl (C=O) groups excluding carboxylic acids is 2. The fourth-order valence-electron chi connectivity index (χ4n) is 4.28. The highest BCUT2D eigenvalue weighted by molar-refractivity contribution is 6.04. The van der Waals surface area contributed by atoms with E-state index in [-0.39, 0.29) is 11.5 Å². The van der Waals surface area contributed by atoms with Crippen LogP contribution in [0.1, 0.15) is 33.9 Å². The lowest BCUT2D eigenvalue weighted by Gasteiger charge is -2.32. The van der Waals surface area contributed by atoms with Gasteiger partial charge < -0.3 is 14.6 Å². The number of hydrogen-bond donors (Lipinski definition) is 1. The molecule has 4 aromatic rings. The third kappa shape index (κ3) is 4.03. The summed E-state index contributed by atoms with van der Waals surface area (Å²) in [6.45, 7) is 0.563. The number of nitrogens with one attached hydrogen (secondary N) is 1. The van der Waals surface area contributed by atoms with Crippen molar-refractivity contribution in [2.45, 2.75) is 18.9 Å². The first kappa shape index (κ1) is 20.7. The third-order valence-corrected chi connectivity index (χ3v) is 5.92. The van der Waals surface area contributed by atoms with Crippen molar-refractivity contribution in [1.29, 1.82) is 0 Å². The second kappa shape index (κ2) is 8.74. The minimum Gasteiger partial charge on any atom is -0.422 e. The highest BCUT2D eigenvalue weighted by atomic mass is 16.4. The molecule has 0 unspecified atom stereocenters. The van der Waals surface area contributed by atoms with Crippen LogP contribution in [0, 0.1) is 0 Å². The van der Waals surface area contributed by atoms with E-state index in [9.17, 15) is 14.4 Å². The second-order valence-electron chi connectivity index (χ2n) is 8.02. The molecule has 0 radical (unpaired) electrons. The summed E-state index contributed by atoms with van der Waals surface area (Å²) < 4.78 is 5.31. The highest BCUT2D eigenvalue weighted by Crippen LogP contribution is 2.29. The molecule has 3 aromatic carbocycles. The second-order valence-corrected chi connectivity index (χ2v) is 8.02. The molecule has 0 aliphatic carbocycles. The van der Waals surface area contributed by atoms with Gasteiger partial charge >= 0.3 is 5.63 Å². The van der Waals surface area contributed by atoms with Gasteiger partial charge in [0, 0.05) is 17.6 Å². The number of para-hydroxylation sites is 2. The van der Waals surface area contributed by atoms with Gasteiger partial charge in [0.05, 0.1) is 0 Å². The van der Waals surface area contributed by atoms with E-state index in [0.29, 0.717) is 23.1 Å². The van der Waals surface area contributed by atoms with Gasteiger partial charge in [0.25, 0.3) is 11.8 Å². The first-order valence-electron chi connectivity index (χ1n) is 10.9. The van der Waals surface area contributed by atoms with Crippen LogP contribution in [0.5, 0.6) is 0 Å². The minimum atomic E-state index is -0.948. The molecule has 0 spiro atoms. The summed E-state index contributed by atoms with van der Waals surface area (Å²) in [6.07, 6.45) is 1.74. The van der Waals surface area contributed by atoms with Crippen LogP contribution in [0.4, 0.5) is 5.69 Å². The molecule has 0 saturated heterocycles. The zero-order chi connectivity index (χ0) is 22.8. The van der Waals surface area contributed by atoms with Crippen LogP contribution in [0.3, 0.4) is 0 Å². The lowest BCUT2D eigenvalue weighted by Crippen LogP contribution is -2.45. The number of anilines is 1. The van der Waals surface area contributed by atoms with Crippen molar-refractivity contribution in [3.63, 3.8) is 0 Å². The van der Waals surface area contributed by atoms with Crippen LogP contribution in [-0.4, -0.2) is 18.4 Å². The normalized spacial score (nSPS) is 13.9. The Bertz CT molecular complexity index is 1390. The number of fused-ring (bicyclic) bond motifs is 2. The van der Waals surface area contributed by atoms with Crippen LogP contribution < -0.4 is 15.8 Å². The van der Waals surface area contributed by atoms with Crippen LogP contribution in [-0.2, 0) is 11.2 Å². The topological polar surface area (TPSA) is 79.6 Å². The standard InChI is InChI=1S/C27H22N2O4/c30-25(21-17-20-12-5-7-15-23(20)33-27(21)32)28-24(19-10-2-1-3-11-19)26(31)29-16-8-13-18-9-4-6-14-22(18)29/h1-7,9-12,14-15,17,24H,8,13,16H2,(H,28,30)/t24-/m1/s1. The molecule has 1 N–H and O–H groups in total. The number of nitrogens with zero attached hydrogens (tertiary/aromatic N) is 1. The number of carbonyl (C=O) groups is 2. The van der Waals surface area contributed by atoms with Crippen molar-refractivity contribution >= 4 is 28.5 Å². The molecule has 2 amide bonds. The average molecular weight is 438 g/mol. The molecule has 6 heteroatoms. The van der Waals surface area contributed by atoms with E-state index in [1.165, 1.54) is 6.07 Å². The van der Waals surface area contributed by atoms with Crippen LogP contribution in [0.15, 0.2) is 94.1 Å². The molecule has 0 fully saturated rings.